The minimum absolute atomic E-state index is 0.0380. The molecule has 4 aromatic heterocycles. The molecule has 12 aromatic rings. The lowest BCUT2D eigenvalue weighted by molar-refractivity contribution is -0.124. The molecule has 0 spiro atoms. The fourth-order valence-electron chi connectivity index (χ4n) is 21.5. The summed E-state index contributed by atoms with van der Waals surface area (Å²) >= 11 is 5.31. The van der Waals surface area contributed by atoms with Crippen LogP contribution in [0.25, 0.3) is 21.5 Å². The molecule has 0 bridgehead atoms. The maximum Gasteiger partial charge on any atom is 0.410 e. The number of anilines is 4. The second kappa shape index (κ2) is 37.6. The van der Waals surface area contributed by atoms with Crippen LogP contribution in [0.4, 0.5) is 32.3 Å². The van der Waals surface area contributed by atoms with Gasteiger partial charge in [0.05, 0.1) is 65.0 Å². The molecule has 13 heterocycles. The Hall–Kier alpha value is -12.3. The molecule has 9 aliphatic heterocycles. The molecule has 26 nitrogen and oxygen atoms in total. The first-order chi connectivity index (χ1) is 64.1. The van der Waals surface area contributed by atoms with E-state index in [1.807, 2.05) is 168 Å². The standard InChI is InChI=1S/C30H29N3O3.C23H29N3O4.C19H26N2O3.C18H21N3O2.C12H8O.C4H4ClNO/c1-30(18-25-31-14-17-36-25)23-10-2-3-11-24(23)33(29(30)35)20-12-15-32(16-13-20)27-21-8-4-6-19-7-5-9-22(26(19)21)28(27)34;1-22(2,3)30-21(28)25-12-9-16(10-13-25)26-18-8-6-5-7-17(18)23(4,20(26)27)15-19-24-11-14-29-19;1-13-15-7-5-6-8-16(15)21(17(13)22)14-9-11-20(12-10-14)18(23)24-19(2,3)4;1-18(12-16-20-10-11-23-16)14-4-2-3-5-15(14)21(17(18)22)13-6-8-19-9-7-13;1-3-7-4-2-6-9-10(7)8(5-1)11-12(9)13-11;5-3-4-6-1-2-7-4/h2-11,14,17,20,27-28,34H,12-13,15-16,18H2,1H3;5-8,11,14,16H,9-10,12-13,15H2,1-4H3;5-8,13-14H,9-12H2,1-4H3;2-5,10-11,13,19H,6-9,12H2,1H3;1-6,11-12H;1-2H,3H2. The van der Waals surface area contributed by atoms with Gasteiger partial charge in [0, 0.05) is 105 Å². The number of para-hydroxylation sites is 4. The molecule has 5 fully saturated rings. The number of likely N-dealkylation sites (tertiary alicyclic amines) is 3. The molecule has 8 atom stereocenters. The van der Waals surface area contributed by atoms with E-state index in [1.165, 1.54) is 50.8 Å². The van der Waals surface area contributed by atoms with Crippen LogP contribution >= 0.6 is 11.6 Å². The first-order valence-electron chi connectivity index (χ1n) is 46.7. The molecular formula is C106H117ClN12O14. The molecule has 0 radical (unpaired) electrons. The van der Waals surface area contributed by atoms with E-state index in [1.54, 1.807) is 47.1 Å². The third kappa shape index (κ3) is 18.1. The number of hydrogen-bond donors (Lipinski definition) is 2. The number of nitrogens with one attached hydrogen (secondary N) is 1. The summed E-state index contributed by atoms with van der Waals surface area (Å²) in [6.45, 7) is 25.2. The SMILES string of the molecule is CC(C)(C)OC(=O)N1CCC(N2C(=O)C(C)(Cc3ncco3)c3ccccc32)CC1.CC1(Cc2ncco2)C(=O)N(C2CCN(C3c4cccc5cccc(c45)C3O)CC2)c2ccccc21.CC1(Cc2ncco2)C(=O)N(C2CCNCC2)c2ccccc21.CC1C(=O)N(C2CCN(C(=O)OC(C)(C)C)CC2)c2ccccc21.ClCc1ncco1.c1cc2c3c(cccc3c1)C1OC21. The number of aromatic nitrogens is 4. The highest BCUT2D eigenvalue weighted by atomic mass is 35.5. The van der Waals surface area contributed by atoms with E-state index in [2.05, 4.69) is 121 Å². The number of hydrogen-bond acceptors (Lipinski definition) is 20. The lowest BCUT2D eigenvalue weighted by Crippen LogP contribution is -2.51. The fraction of sp³-hybridized carbons (Fsp3) is 0.415. The minimum atomic E-state index is -0.719. The topological polar surface area (TPSA) is 292 Å². The number of fused-ring (bicyclic) bond motifs is 7. The summed E-state index contributed by atoms with van der Waals surface area (Å²) in [6, 6.07) is 58.4. The summed E-state index contributed by atoms with van der Waals surface area (Å²) < 4.78 is 37.6. The van der Waals surface area contributed by atoms with Gasteiger partial charge in [0.2, 0.25) is 29.5 Å². The average Bonchev–Trinajstić information content (AvgIpc) is 1.55. The highest BCUT2D eigenvalue weighted by Crippen LogP contribution is 2.60. The Kier molecular flexibility index (Phi) is 25.8. The maximum atomic E-state index is 14.0. The van der Waals surface area contributed by atoms with E-state index >= 15 is 0 Å². The number of rotatable bonds is 12. The predicted molar refractivity (Wildman–Crippen MR) is 507 cm³/mol. The van der Waals surface area contributed by atoms with Crippen LogP contribution < -0.4 is 24.9 Å². The zero-order valence-electron chi connectivity index (χ0n) is 77.2. The largest absolute Gasteiger partial charge is 0.449 e. The number of carbonyl (C=O) groups excluding carboxylic acids is 6. The highest BCUT2D eigenvalue weighted by molar-refractivity contribution is 6.16. The van der Waals surface area contributed by atoms with Gasteiger partial charge in [-0.3, -0.25) is 24.1 Å². The van der Waals surface area contributed by atoms with Crippen LogP contribution in [0.2, 0.25) is 0 Å². The lowest BCUT2D eigenvalue weighted by atomic mass is 9.80. The van der Waals surface area contributed by atoms with Crippen LogP contribution in [0.5, 0.6) is 0 Å². The van der Waals surface area contributed by atoms with Gasteiger partial charge in [-0.1, -0.05) is 146 Å². The molecule has 133 heavy (non-hydrogen) atoms. The molecule has 0 saturated carbocycles. The molecule has 2 aliphatic carbocycles. The number of ether oxygens (including phenoxy) is 3. The van der Waals surface area contributed by atoms with Gasteiger partial charge in [-0.15, -0.1) is 11.6 Å². The van der Waals surface area contributed by atoms with Gasteiger partial charge in [0.25, 0.3) is 0 Å². The zero-order chi connectivity index (χ0) is 92.8. The first-order valence-corrected chi connectivity index (χ1v) is 47.2. The Balaban J connectivity index is 0.000000112. The average molecular weight is 1820 g/mol. The van der Waals surface area contributed by atoms with E-state index in [4.69, 9.17) is 43.5 Å². The Morgan fingerprint density at radius 2 is 0.767 bits per heavy atom. The second-order valence-electron chi connectivity index (χ2n) is 39.0. The van der Waals surface area contributed by atoms with Gasteiger partial charge in [-0.05, 0) is 224 Å². The van der Waals surface area contributed by atoms with E-state index < -0.39 is 33.6 Å². The van der Waals surface area contributed by atoms with E-state index in [0.29, 0.717) is 99.9 Å². The summed E-state index contributed by atoms with van der Waals surface area (Å²) in [4.78, 5) is 109. The summed E-state index contributed by atoms with van der Waals surface area (Å²) in [5, 5.41) is 19.8. The van der Waals surface area contributed by atoms with Crippen molar-refractivity contribution in [3.63, 3.8) is 0 Å². The van der Waals surface area contributed by atoms with Crippen LogP contribution in [0.15, 0.2) is 237 Å². The predicted octanol–water partition coefficient (Wildman–Crippen LogP) is 19.0. The quantitative estimate of drug-likeness (QED) is 0.0848. The normalized spacial score (nSPS) is 23.6. The summed E-state index contributed by atoms with van der Waals surface area (Å²) in [5.41, 5.74) is 10.3. The third-order valence-electron chi connectivity index (χ3n) is 28.1. The molecular weight excluding hydrogens is 1700 g/mol. The number of benzene rings is 8. The van der Waals surface area contributed by atoms with E-state index in [0.717, 1.165) is 115 Å². The molecule has 8 unspecified atom stereocenters. The minimum Gasteiger partial charge on any atom is -0.449 e. The summed E-state index contributed by atoms with van der Waals surface area (Å²) in [5.74, 6) is 3.14. The van der Waals surface area contributed by atoms with Crippen molar-refractivity contribution in [2.45, 2.75) is 228 Å². The third-order valence-corrected chi connectivity index (χ3v) is 28.3. The number of aliphatic hydroxyl groups is 1. The summed E-state index contributed by atoms with van der Waals surface area (Å²) in [7, 11) is 0. The number of aliphatic hydroxyl groups excluding tert-OH is 1. The Bertz CT molecular complexity index is 6140. The Morgan fingerprint density at radius 3 is 1.15 bits per heavy atom. The van der Waals surface area contributed by atoms with Gasteiger partial charge in [0.1, 0.15) is 48.5 Å². The lowest BCUT2D eigenvalue weighted by Gasteiger charge is -2.41. The van der Waals surface area contributed by atoms with Crippen molar-refractivity contribution < 1.29 is 65.8 Å². The Labute approximate surface area is 780 Å². The number of halogens is 1. The maximum absolute atomic E-state index is 14.0. The van der Waals surface area contributed by atoms with Crippen molar-refractivity contribution in [2.75, 3.05) is 72.0 Å². The van der Waals surface area contributed by atoms with Crippen molar-refractivity contribution in [3.8, 4) is 0 Å². The molecule has 5 saturated heterocycles. The van der Waals surface area contributed by atoms with Crippen LogP contribution in [-0.4, -0.2) is 163 Å². The zero-order valence-corrected chi connectivity index (χ0v) is 77.9. The van der Waals surface area contributed by atoms with Crippen molar-refractivity contribution in [1.29, 1.82) is 0 Å². The van der Waals surface area contributed by atoms with Gasteiger partial charge in [-0.2, -0.15) is 0 Å². The van der Waals surface area contributed by atoms with Gasteiger partial charge < -0.3 is 71.7 Å². The number of oxazole rings is 4. The molecule has 27 heteroatoms. The van der Waals surface area contributed by atoms with Gasteiger partial charge >= 0.3 is 12.2 Å². The number of nitrogens with zero attached hydrogens (tertiary/aromatic N) is 11. The van der Waals surface area contributed by atoms with E-state index in [9.17, 15) is 33.9 Å². The van der Waals surface area contributed by atoms with Crippen LogP contribution in [0, 0.1) is 0 Å². The second-order valence-corrected chi connectivity index (χ2v) is 39.3. The molecule has 23 rings (SSSR count). The molecule has 6 amide bonds. The highest BCUT2D eigenvalue weighted by Gasteiger charge is 2.55. The van der Waals surface area contributed by atoms with Crippen molar-refractivity contribution in [2.24, 2.45) is 0 Å². The smallest absolute Gasteiger partial charge is 0.410 e. The Morgan fingerprint density at radius 1 is 0.429 bits per heavy atom. The number of alkyl halides is 1. The molecule has 8 aromatic carbocycles. The first kappa shape index (κ1) is 91.2. The van der Waals surface area contributed by atoms with Crippen LogP contribution in [0.3, 0.4) is 0 Å². The van der Waals surface area contributed by atoms with Crippen molar-refractivity contribution in [3.05, 3.63) is 288 Å². The number of epoxide rings is 1. The van der Waals surface area contributed by atoms with Gasteiger partial charge in [-0.25, -0.2) is 29.5 Å². The monoisotopic (exact) mass is 1820 g/mol. The van der Waals surface area contributed by atoms with Crippen molar-refractivity contribution in [1.82, 2.24) is 40.0 Å². The summed E-state index contributed by atoms with van der Waals surface area (Å²) in [6.07, 6.45) is 20.4. The number of carbonyl (C=O) groups is 6. The molecule has 692 valence electrons. The van der Waals surface area contributed by atoms with E-state index in [-0.39, 0.29) is 71.9 Å². The number of amides is 6. The number of piperidine rings is 4. The van der Waals surface area contributed by atoms with Crippen molar-refractivity contribution >= 4 is 91.7 Å². The van der Waals surface area contributed by atoms with Crippen LogP contribution in [-0.2, 0) is 74.8 Å². The van der Waals surface area contributed by atoms with Gasteiger partial charge in [0.15, 0.2) is 17.7 Å². The fourth-order valence-corrected chi connectivity index (χ4v) is 21.7. The van der Waals surface area contributed by atoms with Crippen LogP contribution in [0.1, 0.15) is 219 Å². The molecule has 11 aliphatic rings. The molecule has 2 N–H and O–H groups in total.